The Kier molecular flexibility index (Phi) is 4.77. The normalized spacial score (nSPS) is 18.5. The van der Waals surface area contributed by atoms with Crippen molar-refractivity contribution in [3.05, 3.63) is 53.3 Å². The van der Waals surface area contributed by atoms with E-state index in [-0.39, 0.29) is 11.9 Å². The number of methoxy groups -OCH3 is 1. The highest BCUT2D eigenvalue weighted by atomic mass is 16.5. The fourth-order valence-electron chi connectivity index (χ4n) is 4.40. The minimum Gasteiger partial charge on any atom is -0.497 e. The molecule has 6 nitrogen and oxygen atoms in total. The van der Waals surface area contributed by atoms with Crippen LogP contribution in [0.15, 0.2) is 40.8 Å². The zero-order chi connectivity index (χ0) is 20.7. The van der Waals surface area contributed by atoms with E-state index in [1.807, 2.05) is 48.2 Å². The maximum atomic E-state index is 13.5. The molecular formula is C24H25NO5. The van der Waals surface area contributed by atoms with Crippen molar-refractivity contribution in [1.82, 2.24) is 4.90 Å². The highest BCUT2D eigenvalue weighted by molar-refractivity contribution is 5.99. The molecule has 0 bridgehead atoms. The number of ether oxygens (including phenoxy) is 3. The number of rotatable bonds is 3. The first-order valence-electron chi connectivity index (χ1n) is 10.4. The standard InChI is InChI=1S/C24H25NO5/c1-15-18-14-17(27-2)7-9-20(18)30-23(15)24(26)25-10-3-5-19(25)16-6-8-21-22(13-16)29-12-4-11-28-21/h6-9,13-14,19H,3-5,10-12H2,1-2H3/t19-/m0/s1. The van der Waals surface area contributed by atoms with E-state index in [9.17, 15) is 4.79 Å². The van der Waals surface area contributed by atoms with Crippen molar-refractivity contribution < 1.29 is 23.4 Å². The average Bonchev–Trinajstić information content (AvgIpc) is 3.31. The predicted octanol–water partition coefficient (Wildman–Crippen LogP) is 4.89. The van der Waals surface area contributed by atoms with Crippen molar-refractivity contribution in [3.63, 3.8) is 0 Å². The SMILES string of the molecule is COc1ccc2oc(C(=O)N3CCC[C@H]3c3ccc4c(c3)OCCCO4)c(C)c2c1. The minimum absolute atomic E-state index is 0.00296. The van der Waals surface area contributed by atoms with Crippen LogP contribution < -0.4 is 14.2 Å². The molecule has 0 unspecified atom stereocenters. The van der Waals surface area contributed by atoms with E-state index in [0.29, 0.717) is 31.1 Å². The number of hydrogen-bond donors (Lipinski definition) is 0. The highest BCUT2D eigenvalue weighted by Crippen LogP contribution is 2.39. The lowest BCUT2D eigenvalue weighted by Crippen LogP contribution is -2.30. The van der Waals surface area contributed by atoms with Crippen molar-refractivity contribution in [1.29, 1.82) is 0 Å². The number of carbonyl (C=O) groups excluding carboxylic acids is 1. The molecule has 1 saturated heterocycles. The van der Waals surface area contributed by atoms with Gasteiger partial charge in [0.2, 0.25) is 0 Å². The van der Waals surface area contributed by atoms with E-state index in [4.69, 9.17) is 18.6 Å². The van der Waals surface area contributed by atoms with E-state index >= 15 is 0 Å². The molecule has 0 spiro atoms. The number of nitrogens with zero attached hydrogens (tertiary/aromatic N) is 1. The number of fused-ring (bicyclic) bond motifs is 2. The number of benzene rings is 2. The molecule has 2 aliphatic rings. The Hall–Kier alpha value is -3.15. The first-order valence-corrected chi connectivity index (χ1v) is 10.4. The molecule has 0 radical (unpaired) electrons. The summed E-state index contributed by atoms with van der Waals surface area (Å²) in [6, 6.07) is 11.6. The van der Waals surface area contributed by atoms with E-state index in [1.54, 1.807) is 7.11 Å². The molecule has 2 aromatic carbocycles. The fraction of sp³-hybridized carbons (Fsp3) is 0.375. The topological polar surface area (TPSA) is 61.1 Å². The Bertz CT molecular complexity index is 1100. The summed E-state index contributed by atoms with van der Waals surface area (Å²) in [5.41, 5.74) is 2.61. The van der Waals surface area contributed by atoms with Crippen LogP contribution in [0, 0.1) is 6.92 Å². The lowest BCUT2D eigenvalue weighted by molar-refractivity contribution is 0.0704. The molecule has 5 rings (SSSR count). The first-order chi connectivity index (χ1) is 14.7. The average molecular weight is 407 g/mol. The molecule has 0 aliphatic carbocycles. The van der Waals surface area contributed by atoms with Gasteiger partial charge in [-0.25, -0.2) is 0 Å². The van der Waals surface area contributed by atoms with E-state index in [0.717, 1.165) is 53.0 Å². The third-order valence-corrected chi connectivity index (χ3v) is 6.01. The molecule has 3 heterocycles. The Morgan fingerprint density at radius 2 is 1.90 bits per heavy atom. The van der Waals surface area contributed by atoms with Crippen molar-refractivity contribution in [2.75, 3.05) is 26.9 Å². The monoisotopic (exact) mass is 407 g/mol. The molecular weight excluding hydrogens is 382 g/mol. The first kappa shape index (κ1) is 18.9. The van der Waals surface area contributed by atoms with Gasteiger partial charge in [-0.05, 0) is 55.7 Å². The molecule has 1 fully saturated rings. The summed E-state index contributed by atoms with van der Waals surface area (Å²) in [6.45, 7) is 3.94. The smallest absolute Gasteiger partial charge is 0.290 e. The molecule has 6 heteroatoms. The third-order valence-electron chi connectivity index (χ3n) is 6.01. The summed E-state index contributed by atoms with van der Waals surface area (Å²) >= 11 is 0. The van der Waals surface area contributed by atoms with Gasteiger partial charge in [-0.1, -0.05) is 6.07 Å². The largest absolute Gasteiger partial charge is 0.497 e. The van der Waals surface area contributed by atoms with Gasteiger partial charge in [-0.2, -0.15) is 0 Å². The molecule has 30 heavy (non-hydrogen) atoms. The van der Waals surface area contributed by atoms with E-state index in [2.05, 4.69) is 0 Å². The highest BCUT2D eigenvalue weighted by Gasteiger charge is 2.34. The van der Waals surface area contributed by atoms with Crippen molar-refractivity contribution >= 4 is 16.9 Å². The van der Waals surface area contributed by atoms with Gasteiger partial charge in [0.25, 0.3) is 5.91 Å². The Morgan fingerprint density at radius 3 is 2.73 bits per heavy atom. The molecule has 1 amide bonds. The number of likely N-dealkylation sites (tertiary alicyclic amines) is 1. The molecule has 1 aromatic heterocycles. The van der Waals surface area contributed by atoms with Crippen LogP contribution in [0.2, 0.25) is 0 Å². The van der Waals surface area contributed by atoms with E-state index in [1.165, 1.54) is 0 Å². The molecule has 3 aromatic rings. The van der Waals surface area contributed by atoms with Gasteiger partial charge in [0.1, 0.15) is 11.3 Å². The number of furan rings is 1. The van der Waals surface area contributed by atoms with Crippen LogP contribution in [-0.2, 0) is 0 Å². The van der Waals surface area contributed by atoms with Crippen LogP contribution in [0.4, 0.5) is 0 Å². The zero-order valence-electron chi connectivity index (χ0n) is 17.3. The maximum Gasteiger partial charge on any atom is 0.290 e. The van der Waals surface area contributed by atoms with Gasteiger partial charge in [0, 0.05) is 23.9 Å². The zero-order valence-corrected chi connectivity index (χ0v) is 17.3. The van der Waals surface area contributed by atoms with Crippen molar-refractivity contribution in [2.45, 2.75) is 32.2 Å². The maximum absolute atomic E-state index is 13.5. The summed E-state index contributed by atoms with van der Waals surface area (Å²) in [7, 11) is 1.63. The summed E-state index contributed by atoms with van der Waals surface area (Å²) in [5, 5.41) is 0.907. The lowest BCUT2D eigenvalue weighted by Gasteiger charge is -2.25. The van der Waals surface area contributed by atoms with Crippen LogP contribution >= 0.6 is 0 Å². The molecule has 0 saturated carbocycles. The van der Waals surface area contributed by atoms with Gasteiger partial charge in [-0.15, -0.1) is 0 Å². The van der Waals surface area contributed by atoms with Gasteiger partial charge in [-0.3, -0.25) is 4.79 Å². The number of hydrogen-bond acceptors (Lipinski definition) is 5. The Labute approximate surface area is 175 Å². The third kappa shape index (κ3) is 3.16. The van der Waals surface area contributed by atoms with Crippen molar-refractivity contribution in [3.8, 4) is 17.2 Å². The summed E-state index contributed by atoms with van der Waals surface area (Å²) in [6.07, 6.45) is 2.74. The van der Waals surface area contributed by atoms with Gasteiger partial charge < -0.3 is 23.5 Å². The second kappa shape index (κ2) is 7.59. The van der Waals surface area contributed by atoms with Gasteiger partial charge >= 0.3 is 0 Å². The van der Waals surface area contributed by atoms with Crippen LogP contribution in [-0.4, -0.2) is 37.7 Å². The van der Waals surface area contributed by atoms with E-state index < -0.39 is 0 Å². The van der Waals surface area contributed by atoms with Gasteiger partial charge in [0.05, 0.1) is 26.4 Å². The summed E-state index contributed by atoms with van der Waals surface area (Å²) < 4.78 is 22.9. The Balaban J connectivity index is 1.47. The molecule has 1 atom stereocenters. The van der Waals surface area contributed by atoms with Crippen LogP contribution in [0.5, 0.6) is 17.2 Å². The molecule has 0 N–H and O–H groups in total. The quantitative estimate of drug-likeness (QED) is 0.619. The predicted molar refractivity (Wildman–Crippen MR) is 113 cm³/mol. The van der Waals surface area contributed by atoms with Crippen molar-refractivity contribution in [2.24, 2.45) is 0 Å². The summed E-state index contributed by atoms with van der Waals surface area (Å²) in [4.78, 5) is 15.4. The second-order valence-corrected chi connectivity index (χ2v) is 7.83. The van der Waals surface area contributed by atoms with Crippen LogP contribution in [0.1, 0.15) is 47.0 Å². The molecule has 156 valence electrons. The molecule has 2 aliphatic heterocycles. The minimum atomic E-state index is -0.0720. The van der Waals surface area contributed by atoms with Crippen LogP contribution in [0.3, 0.4) is 0 Å². The second-order valence-electron chi connectivity index (χ2n) is 7.83. The number of amides is 1. The number of carbonyl (C=O) groups is 1. The van der Waals surface area contributed by atoms with Gasteiger partial charge in [0.15, 0.2) is 17.3 Å². The lowest BCUT2D eigenvalue weighted by atomic mass is 10.0. The summed E-state index contributed by atoms with van der Waals surface area (Å²) in [5.74, 6) is 2.61. The number of aryl methyl sites for hydroxylation is 1. The Morgan fingerprint density at radius 1 is 1.07 bits per heavy atom. The van der Waals surface area contributed by atoms with Crippen LogP contribution in [0.25, 0.3) is 11.0 Å². The fourth-order valence-corrected chi connectivity index (χ4v) is 4.40.